The third-order valence-corrected chi connectivity index (χ3v) is 8.63. The van der Waals surface area contributed by atoms with Gasteiger partial charge in [-0.2, -0.15) is 0 Å². The summed E-state index contributed by atoms with van der Waals surface area (Å²) in [5.74, 6) is 1.45. The molecule has 2 aliphatic heterocycles. The van der Waals surface area contributed by atoms with E-state index in [0.717, 1.165) is 33.9 Å². The van der Waals surface area contributed by atoms with Crippen LogP contribution in [0.25, 0.3) is 10.4 Å². The van der Waals surface area contributed by atoms with Gasteiger partial charge in [0, 0.05) is 18.0 Å². The van der Waals surface area contributed by atoms with Gasteiger partial charge in [0.1, 0.15) is 23.8 Å². The standard InChI is InChI=1S/C25H25N3O4S2/c1-13-4-3-5-15(8-13)22-20(27-14(2)34-22)25(30)28-17(9-16-10-18(16)28)11-26-24(29)23-21-19(12-33-23)31-6-7-32-21/h3-5,8,12,16-18H,6-7,9-11H2,1-2H3,(H,26,29)/t16-,17+,18+/m1/s1. The normalized spacial score (nSPS) is 22.4. The summed E-state index contributed by atoms with van der Waals surface area (Å²) >= 11 is 2.88. The third kappa shape index (κ3) is 3.76. The minimum absolute atomic E-state index is 0.0321. The van der Waals surface area contributed by atoms with Crippen LogP contribution in [-0.2, 0) is 0 Å². The van der Waals surface area contributed by atoms with E-state index in [1.165, 1.54) is 11.3 Å². The van der Waals surface area contributed by atoms with Crippen molar-refractivity contribution >= 4 is 34.5 Å². The van der Waals surface area contributed by atoms with Crippen LogP contribution in [0.15, 0.2) is 29.6 Å². The molecule has 9 heteroatoms. The second-order valence-electron chi connectivity index (χ2n) is 9.11. The summed E-state index contributed by atoms with van der Waals surface area (Å²) in [6.07, 6.45) is 1.93. The van der Waals surface area contributed by atoms with Crippen LogP contribution in [-0.4, -0.2) is 53.5 Å². The molecule has 3 aliphatic rings. The van der Waals surface area contributed by atoms with E-state index in [1.807, 2.05) is 24.0 Å². The number of nitrogens with one attached hydrogen (secondary N) is 1. The predicted molar refractivity (Wildman–Crippen MR) is 131 cm³/mol. The van der Waals surface area contributed by atoms with Crippen molar-refractivity contribution in [3.05, 3.63) is 50.8 Å². The molecular weight excluding hydrogens is 470 g/mol. The molecule has 6 rings (SSSR count). The molecule has 176 valence electrons. The van der Waals surface area contributed by atoms with Gasteiger partial charge in [0.2, 0.25) is 0 Å². The van der Waals surface area contributed by atoms with Gasteiger partial charge in [-0.3, -0.25) is 9.59 Å². The zero-order valence-electron chi connectivity index (χ0n) is 19.0. The van der Waals surface area contributed by atoms with Crippen molar-refractivity contribution in [3.8, 4) is 21.9 Å². The highest BCUT2D eigenvalue weighted by atomic mass is 32.1. The van der Waals surface area contributed by atoms with Gasteiger partial charge >= 0.3 is 0 Å². The van der Waals surface area contributed by atoms with E-state index in [9.17, 15) is 9.59 Å². The monoisotopic (exact) mass is 495 g/mol. The molecule has 0 radical (unpaired) electrons. The van der Waals surface area contributed by atoms with E-state index in [-0.39, 0.29) is 23.9 Å². The van der Waals surface area contributed by atoms with Crippen LogP contribution in [0.4, 0.5) is 0 Å². The highest BCUT2D eigenvalue weighted by Gasteiger charge is 2.54. The number of carbonyl (C=O) groups excluding carboxylic acids is 2. The first-order valence-electron chi connectivity index (χ1n) is 11.5. The number of thiophene rings is 1. The summed E-state index contributed by atoms with van der Waals surface area (Å²) in [5, 5.41) is 5.72. The number of hydrogen-bond donors (Lipinski definition) is 1. The van der Waals surface area contributed by atoms with E-state index >= 15 is 0 Å². The number of aromatic nitrogens is 1. The average Bonchev–Trinajstić information content (AvgIpc) is 3.17. The van der Waals surface area contributed by atoms with Crippen LogP contribution in [0.2, 0.25) is 0 Å². The molecule has 0 spiro atoms. The molecule has 0 bridgehead atoms. The number of piperidine rings is 1. The zero-order chi connectivity index (χ0) is 23.4. The number of rotatable bonds is 5. The van der Waals surface area contributed by atoms with Crippen molar-refractivity contribution in [2.24, 2.45) is 5.92 Å². The first-order valence-corrected chi connectivity index (χ1v) is 13.2. The largest absolute Gasteiger partial charge is 0.485 e. The number of amides is 2. The molecule has 0 unspecified atom stereocenters. The molecule has 1 aromatic carbocycles. The van der Waals surface area contributed by atoms with Crippen LogP contribution >= 0.6 is 22.7 Å². The van der Waals surface area contributed by atoms with Crippen molar-refractivity contribution in [1.82, 2.24) is 15.2 Å². The molecular formula is C25H25N3O4S2. The van der Waals surface area contributed by atoms with Crippen LogP contribution in [0, 0.1) is 19.8 Å². The molecule has 2 fully saturated rings. The van der Waals surface area contributed by atoms with E-state index in [4.69, 9.17) is 9.47 Å². The molecule has 34 heavy (non-hydrogen) atoms. The summed E-state index contributed by atoms with van der Waals surface area (Å²) in [5.41, 5.74) is 2.70. The van der Waals surface area contributed by atoms with Crippen molar-refractivity contribution in [2.75, 3.05) is 19.8 Å². The summed E-state index contributed by atoms with van der Waals surface area (Å²) < 4.78 is 11.2. The summed E-state index contributed by atoms with van der Waals surface area (Å²) in [4.78, 5) is 34.7. The Morgan fingerprint density at radius 1 is 1.21 bits per heavy atom. The number of likely N-dealkylation sites (tertiary alicyclic amines) is 1. The van der Waals surface area contributed by atoms with Gasteiger partial charge < -0.3 is 19.7 Å². The number of benzene rings is 1. The van der Waals surface area contributed by atoms with Crippen LogP contribution < -0.4 is 14.8 Å². The first-order chi connectivity index (χ1) is 16.5. The fraction of sp³-hybridized carbons (Fsp3) is 0.400. The number of thiazole rings is 1. The minimum atomic E-state index is -0.185. The van der Waals surface area contributed by atoms with Gasteiger partial charge in [-0.15, -0.1) is 22.7 Å². The van der Waals surface area contributed by atoms with Gasteiger partial charge in [-0.05, 0) is 38.2 Å². The second kappa shape index (κ2) is 8.39. The maximum atomic E-state index is 13.8. The van der Waals surface area contributed by atoms with E-state index in [1.54, 1.807) is 16.7 Å². The van der Waals surface area contributed by atoms with Gasteiger partial charge in [0.25, 0.3) is 11.8 Å². The average molecular weight is 496 g/mol. The highest BCUT2D eigenvalue weighted by molar-refractivity contribution is 7.15. The molecule has 1 N–H and O–H groups in total. The molecule has 1 saturated heterocycles. The second-order valence-corrected chi connectivity index (χ2v) is 11.2. The predicted octanol–water partition coefficient (Wildman–Crippen LogP) is 4.29. The number of nitrogens with zero attached hydrogens (tertiary/aromatic N) is 2. The molecule has 1 saturated carbocycles. The molecule has 1 aliphatic carbocycles. The van der Waals surface area contributed by atoms with E-state index in [0.29, 0.717) is 47.7 Å². The Balaban J connectivity index is 1.21. The van der Waals surface area contributed by atoms with Gasteiger partial charge in [-0.1, -0.05) is 29.8 Å². The summed E-state index contributed by atoms with van der Waals surface area (Å²) in [6, 6.07) is 8.39. The Kier molecular flexibility index (Phi) is 5.33. The smallest absolute Gasteiger partial charge is 0.274 e. The summed E-state index contributed by atoms with van der Waals surface area (Å²) in [6.45, 7) is 5.33. The van der Waals surface area contributed by atoms with E-state index in [2.05, 4.69) is 29.4 Å². The zero-order valence-corrected chi connectivity index (χ0v) is 20.6. The molecule has 2 aromatic heterocycles. The Labute approximate surface area is 205 Å². The number of aryl methyl sites for hydroxylation is 2. The lowest BCUT2D eigenvalue weighted by molar-refractivity contribution is 0.0684. The van der Waals surface area contributed by atoms with Crippen molar-refractivity contribution in [3.63, 3.8) is 0 Å². The third-order valence-electron chi connectivity index (χ3n) is 6.67. The van der Waals surface area contributed by atoms with Crippen molar-refractivity contribution in [1.29, 1.82) is 0 Å². The number of fused-ring (bicyclic) bond motifs is 2. The van der Waals surface area contributed by atoms with Gasteiger partial charge in [0.05, 0.1) is 15.9 Å². The Morgan fingerprint density at radius 2 is 2.06 bits per heavy atom. The minimum Gasteiger partial charge on any atom is -0.485 e. The lowest BCUT2D eigenvalue weighted by Gasteiger charge is -2.27. The topological polar surface area (TPSA) is 80.8 Å². The van der Waals surface area contributed by atoms with Gasteiger partial charge in [0.15, 0.2) is 11.5 Å². The van der Waals surface area contributed by atoms with Crippen LogP contribution in [0.5, 0.6) is 11.5 Å². The fourth-order valence-electron chi connectivity index (χ4n) is 5.04. The Morgan fingerprint density at radius 3 is 2.91 bits per heavy atom. The van der Waals surface area contributed by atoms with Crippen LogP contribution in [0.1, 0.15) is 43.6 Å². The lowest BCUT2D eigenvalue weighted by Crippen LogP contribution is -2.45. The fourth-order valence-corrected chi connectivity index (χ4v) is 6.80. The molecule has 7 nitrogen and oxygen atoms in total. The Hall–Kier alpha value is -2.91. The highest BCUT2D eigenvalue weighted by Crippen LogP contribution is 2.49. The molecule has 3 aromatic rings. The maximum Gasteiger partial charge on any atom is 0.274 e. The number of ether oxygens (including phenoxy) is 2. The van der Waals surface area contributed by atoms with Crippen LogP contribution in [0.3, 0.4) is 0 Å². The summed E-state index contributed by atoms with van der Waals surface area (Å²) in [7, 11) is 0. The van der Waals surface area contributed by atoms with E-state index < -0.39 is 0 Å². The van der Waals surface area contributed by atoms with Crippen molar-refractivity contribution in [2.45, 2.75) is 38.8 Å². The molecule has 3 atom stereocenters. The first kappa shape index (κ1) is 21.6. The van der Waals surface area contributed by atoms with Crippen molar-refractivity contribution < 1.29 is 19.1 Å². The quantitative estimate of drug-likeness (QED) is 0.571. The lowest BCUT2D eigenvalue weighted by atomic mass is 10.1. The Bertz CT molecular complexity index is 1280. The maximum absolute atomic E-state index is 13.8. The number of carbonyl (C=O) groups is 2. The SMILES string of the molecule is Cc1cccc(-c2sc(C)nc2C(=O)N2[C@H](CNC(=O)c3scc4c3OCCO4)C[C@@H]3C[C@@H]32)c1. The number of hydrogen-bond acceptors (Lipinski definition) is 7. The van der Waals surface area contributed by atoms with Gasteiger partial charge in [-0.25, -0.2) is 4.98 Å². The molecule has 4 heterocycles. The molecule has 2 amide bonds.